The molecular formula is C29H29N3O2. The SMILES string of the molecule is CCC(=O)c1cc(Cc2ccc(CNC(=O)Nc3cc4ccccc4cc3CC)cc2)ccn1. The van der Waals surface area contributed by atoms with E-state index in [2.05, 4.69) is 46.8 Å². The highest BCUT2D eigenvalue weighted by Crippen LogP contribution is 2.24. The summed E-state index contributed by atoms with van der Waals surface area (Å²) in [5, 5.41) is 8.22. The van der Waals surface area contributed by atoms with Crippen LogP contribution in [0.3, 0.4) is 0 Å². The molecule has 172 valence electrons. The van der Waals surface area contributed by atoms with Crippen LogP contribution in [0.15, 0.2) is 79.0 Å². The summed E-state index contributed by atoms with van der Waals surface area (Å²) in [7, 11) is 0. The third-order valence-corrected chi connectivity index (χ3v) is 5.92. The highest BCUT2D eigenvalue weighted by Gasteiger charge is 2.09. The Labute approximate surface area is 200 Å². The van der Waals surface area contributed by atoms with E-state index in [1.165, 1.54) is 5.39 Å². The summed E-state index contributed by atoms with van der Waals surface area (Å²) < 4.78 is 0. The van der Waals surface area contributed by atoms with Crippen molar-refractivity contribution in [3.8, 4) is 0 Å². The fourth-order valence-electron chi connectivity index (χ4n) is 3.97. The Kier molecular flexibility index (Phi) is 7.33. The molecule has 2 amide bonds. The van der Waals surface area contributed by atoms with Gasteiger partial charge in [0.05, 0.1) is 0 Å². The lowest BCUT2D eigenvalue weighted by Gasteiger charge is -2.13. The van der Waals surface area contributed by atoms with Crippen LogP contribution in [0.4, 0.5) is 10.5 Å². The van der Waals surface area contributed by atoms with Gasteiger partial charge in [0, 0.05) is 24.8 Å². The van der Waals surface area contributed by atoms with Gasteiger partial charge in [-0.05, 0) is 70.1 Å². The van der Waals surface area contributed by atoms with Crippen LogP contribution in [0, 0.1) is 0 Å². The molecule has 0 bridgehead atoms. The molecule has 4 rings (SSSR count). The number of carbonyl (C=O) groups is 2. The quantitative estimate of drug-likeness (QED) is 0.309. The second-order valence-corrected chi connectivity index (χ2v) is 8.34. The van der Waals surface area contributed by atoms with E-state index in [4.69, 9.17) is 0 Å². The Bertz CT molecular complexity index is 1310. The molecule has 0 atom stereocenters. The number of anilines is 1. The van der Waals surface area contributed by atoms with E-state index in [1.807, 2.05) is 55.5 Å². The molecule has 2 N–H and O–H groups in total. The number of aromatic nitrogens is 1. The van der Waals surface area contributed by atoms with Gasteiger partial charge in [0.1, 0.15) is 5.69 Å². The number of ketones is 1. The third-order valence-electron chi connectivity index (χ3n) is 5.92. The summed E-state index contributed by atoms with van der Waals surface area (Å²) in [6.07, 6.45) is 3.71. The summed E-state index contributed by atoms with van der Waals surface area (Å²) in [4.78, 5) is 28.6. The maximum Gasteiger partial charge on any atom is 0.319 e. The Morgan fingerprint density at radius 2 is 1.53 bits per heavy atom. The maximum atomic E-state index is 12.6. The van der Waals surface area contributed by atoms with Crippen molar-refractivity contribution < 1.29 is 9.59 Å². The normalized spacial score (nSPS) is 10.8. The van der Waals surface area contributed by atoms with E-state index in [-0.39, 0.29) is 11.8 Å². The number of hydrogen-bond acceptors (Lipinski definition) is 3. The van der Waals surface area contributed by atoms with Crippen molar-refractivity contribution in [1.29, 1.82) is 0 Å². The van der Waals surface area contributed by atoms with Crippen LogP contribution < -0.4 is 10.6 Å². The number of amides is 2. The third kappa shape index (κ3) is 5.67. The van der Waals surface area contributed by atoms with Gasteiger partial charge in [-0.3, -0.25) is 9.78 Å². The van der Waals surface area contributed by atoms with E-state index >= 15 is 0 Å². The first-order valence-electron chi connectivity index (χ1n) is 11.7. The van der Waals surface area contributed by atoms with Gasteiger partial charge >= 0.3 is 6.03 Å². The minimum absolute atomic E-state index is 0.0521. The summed E-state index contributed by atoms with van der Waals surface area (Å²) in [6.45, 7) is 4.36. The van der Waals surface area contributed by atoms with Crippen LogP contribution in [0.5, 0.6) is 0 Å². The molecule has 0 aliphatic rings. The van der Waals surface area contributed by atoms with Gasteiger partial charge in [0.2, 0.25) is 0 Å². The van der Waals surface area contributed by atoms with Crippen LogP contribution in [-0.2, 0) is 19.4 Å². The number of pyridine rings is 1. The zero-order chi connectivity index (χ0) is 23.9. The van der Waals surface area contributed by atoms with Crippen molar-refractivity contribution >= 4 is 28.3 Å². The van der Waals surface area contributed by atoms with Gasteiger partial charge < -0.3 is 10.6 Å². The molecule has 0 saturated carbocycles. The molecule has 0 unspecified atom stereocenters. The molecule has 0 radical (unpaired) electrons. The summed E-state index contributed by atoms with van der Waals surface area (Å²) >= 11 is 0. The number of benzene rings is 3. The molecule has 1 aromatic heterocycles. The van der Waals surface area contributed by atoms with Crippen LogP contribution >= 0.6 is 0 Å². The molecule has 5 heteroatoms. The minimum Gasteiger partial charge on any atom is -0.334 e. The Morgan fingerprint density at radius 3 is 2.24 bits per heavy atom. The number of carbonyl (C=O) groups excluding carboxylic acids is 2. The van der Waals surface area contributed by atoms with Crippen LogP contribution in [0.1, 0.15) is 53.0 Å². The second-order valence-electron chi connectivity index (χ2n) is 8.34. The lowest BCUT2D eigenvalue weighted by Crippen LogP contribution is -2.28. The highest BCUT2D eigenvalue weighted by atomic mass is 16.2. The molecule has 0 fully saturated rings. The number of urea groups is 1. The Morgan fingerprint density at radius 1 is 0.824 bits per heavy atom. The monoisotopic (exact) mass is 451 g/mol. The standard InChI is InChI=1S/C29H29N3O2/c1-3-23-17-24-7-5-6-8-25(24)18-26(23)32-29(34)31-19-21-11-9-20(10-12-21)15-22-13-14-30-27(16-22)28(33)4-2/h5-14,16-18H,3-4,15,19H2,1-2H3,(H2,31,32,34). The van der Waals surface area contributed by atoms with Crippen molar-refractivity contribution in [2.24, 2.45) is 0 Å². The molecule has 0 saturated heterocycles. The van der Waals surface area contributed by atoms with Gasteiger partial charge in [-0.15, -0.1) is 0 Å². The van der Waals surface area contributed by atoms with Crippen molar-refractivity contribution in [3.05, 3.63) is 107 Å². The van der Waals surface area contributed by atoms with E-state index in [0.29, 0.717) is 18.7 Å². The van der Waals surface area contributed by atoms with Crippen molar-refractivity contribution in [2.45, 2.75) is 39.7 Å². The summed E-state index contributed by atoms with van der Waals surface area (Å²) in [5.74, 6) is 0.0521. The zero-order valence-corrected chi connectivity index (χ0v) is 19.6. The first-order chi connectivity index (χ1) is 16.6. The van der Waals surface area contributed by atoms with Gasteiger partial charge in [0.15, 0.2) is 5.78 Å². The molecule has 3 aromatic carbocycles. The zero-order valence-electron chi connectivity index (χ0n) is 19.6. The van der Waals surface area contributed by atoms with Gasteiger partial charge in [-0.2, -0.15) is 0 Å². The van der Waals surface area contributed by atoms with Gasteiger partial charge in [0.25, 0.3) is 0 Å². The molecule has 4 aromatic rings. The Hall–Kier alpha value is -3.99. The number of nitrogens with one attached hydrogen (secondary N) is 2. The molecule has 34 heavy (non-hydrogen) atoms. The van der Waals surface area contributed by atoms with Crippen molar-refractivity contribution in [2.75, 3.05) is 5.32 Å². The minimum atomic E-state index is -0.223. The van der Waals surface area contributed by atoms with Crippen molar-refractivity contribution in [3.63, 3.8) is 0 Å². The van der Waals surface area contributed by atoms with E-state index in [0.717, 1.165) is 46.2 Å². The predicted octanol–water partition coefficient (Wildman–Crippen LogP) is 6.30. The topological polar surface area (TPSA) is 71.1 Å². The number of Topliss-reactive ketones (excluding diaryl/α,β-unsaturated/α-hetero) is 1. The molecule has 0 spiro atoms. The maximum absolute atomic E-state index is 12.6. The molecule has 0 aliphatic heterocycles. The summed E-state index contributed by atoms with van der Waals surface area (Å²) in [5.41, 5.74) is 5.68. The molecule has 1 heterocycles. The van der Waals surface area contributed by atoms with Crippen LogP contribution in [-0.4, -0.2) is 16.8 Å². The lowest BCUT2D eigenvalue weighted by molar-refractivity contribution is 0.0983. The Balaban J connectivity index is 1.35. The first kappa shape index (κ1) is 23.2. The van der Waals surface area contributed by atoms with Crippen LogP contribution in [0.25, 0.3) is 10.8 Å². The summed E-state index contributed by atoms with van der Waals surface area (Å²) in [6, 6.07) is 24.0. The highest BCUT2D eigenvalue weighted by molar-refractivity contribution is 5.95. The van der Waals surface area contributed by atoms with Crippen molar-refractivity contribution in [1.82, 2.24) is 10.3 Å². The number of nitrogens with zero attached hydrogens (tertiary/aromatic N) is 1. The largest absolute Gasteiger partial charge is 0.334 e. The van der Waals surface area contributed by atoms with E-state index < -0.39 is 0 Å². The molecule has 5 nitrogen and oxygen atoms in total. The first-order valence-corrected chi connectivity index (χ1v) is 11.7. The smallest absolute Gasteiger partial charge is 0.319 e. The number of hydrogen-bond donors (Lipinski definition) is 2. The average Bonchev–Trinajstić information content (AvgIpc) is 2.87. The fraction of sp³-hybridized carbons (Fsp3) is 0.207. The van der Waals surface area contributed by atoms with Crippen LogP contribution in [0.2, 0.25) is 0 Å². The predicted molar refractivity (Wildman–Crippen MR) is 137 cm³/mol. The number of fused-ring (bicyclic) bond motifs is 1. The average molecular weight is 452 g/mol. The number of rotatable bonds is 8. The lowest BCUT2D eigenvalue weighted by atomic mass is 10.0. The van der Waals surface area contributed by atoms with E-state index in [1.54, 1.807) is 6.20 Å². The second kappa shape index (κ2) is 10.8. The number of aryl methyl sites for hydroxylation is 1. The van der Waals surface area contributed by atoms with Gasteiger partial charge in [-0.25, -0.2) is 4.79 Å². The molecular weight excluding hydrogens is 422 g/mol. The van der Waals surface area contributed by atoms with E-state index in [9.17, 15) is 9.59 Å². The molecule has 0 aliphatic carbocycles. The fourth-order valence-corrected chi connectivity index (χ4v) is 3.97. The van der Waals surface area contributed by atoms with Gasteiger partial charge in [-0.1, -0.05) is 62.4 Å².